The van der Waals surface area contributed by atoms with Gasteiger partial charge in [-0.25, -0.2) is 9.18 Å². The summed E-state index contributed by atoms with van der Waals surface area (Å²) in [6, 6.07) is 4.53. The molecule has 1 unspecified atom stereocenters. The summed E-state index contributed by atoms with van der Waals surface area (Å²) in [4.78, 5) is 10.9. The molecule has 0 saturated carbocycles. The van der Waals surface area contributed by atoms with Crippen molar-refractivity contribution >= 4 is 5.97 Å². The van der Waals surface area contributed by atoms with Crippen LogP contribution >= 0.6 is 0 Å². The summed E-state index contributed by atoms with van der Waals surface area (Å²) in [6.07, 6.45) is 0.253. The van der Waals surface area contributed by atoms with Crippen molar-refractivity contribution in [1.82, 2.24) is 0 Å². The second-order valence-electron chi connectivity index (χ2n) is 3.78. The van der Waals surface area contributed by atoms with Gasteiger partial charge >= 0.3 is 5.97 Å². The fourth-order valence-electron chi connectivity index (χ4n) is 1.75. The smallest absolute Gasteiger partial charge is 0.339 e. The van der Waals surface area contributed by atoms with E-state index in [0.717, 1.165) is 0 Å². The maximum absolute atomic E-state index is 14.0. The lowest BCUT2D eigenvalue weighted by Gasteiger charge is -2.29. The number of para-hydroxylation sites is 1. The lowest BCUT2D eigenvalue weighted by molar-refractivity contribution is 0.0681. The van der Waals surface area contributed by atoms with Crippen LogP contribution < -0.4 is 4.74 Å². The summed E-state index contributed by atoms with van der Waals surface area (Å²) in [5.74, 6) is -0.925. The summed E-state index contributed by atoms with van der Waals surface area (Å²) in [6.45, 7) is 1.66. The van der Waals surface area contributed by atoms with Crippen molar-refractivity contribution in [3.05, 3.63) is 29.3 Å². The van der Waals surface area contributed by atoms with Crippen molar-refractivity contribution in [3.8, 4) is 5.75 Å². The Morgan fingerprint density at radius 1 is 1.60 bits per heavy atom. The lowest BCUT2D eigenvalue weighted by Crippen LogP contribution is -2.26. The normalized spacial score (nSPS) is 24.1. The van der Waals surface area contributed by atoms with Crippen molar-refractivity contribution in [1.29, 1.82) is 0 Å². The molecule has 0 fully saturated rings. The summed E-state index contributed by atoms with van der Waals surface area (Å²) in [5.41, 5.74) is -1.15. The molecule has 1 heterocycles. The van der Waals surface area contributed by atoms with E-state index in [1.807, 2.05) is 0 Å². The molecule has 1 atom stereocenters. The molecule has 1 aromatic rings. The highest BCUT2D eigenvalue weighted by molar-refractivity contribution is 5.91. The lowest BCUT2D eigenvalue weighted by atomic mass is 9.90. The first-order chi connectivity index (χ1) is 7.02. The van der Waals surface area contributed by atoms with Crippen LogP contribution in [0.25, 0.3) is 0 Å². The van der Waals surface area contributed by atoms with E-state index >= 15 is 0 Å². The topological polar surface area (TPSA) is 46.5 Å². The highest BCUT2D eigenvalue weighted by Crippen LogP contribution is 2.41. The Balaban J connectivity index is 2.61. The maximum Gasteiger partial charge on any atom is 0.339 e. The molecular formula is C11H11FO3. The predicted molar refractivity (Wildman–Crippen MR) is 52.0 cm³/mol. The number of alkyl halides is 1. The van der Waals surface area contributed by atoms with E-state index in [1.54, 1.807) is 6.07 Å². The average molecular weight is 210 g/mol. The summed E-state index contributed by atoms with van der Waals surface area (Å²) < 4.78 is 19.3. The van der Waals surface area contributed by atoms with Gasteiger partial charge in [-0.3, -0.25) is 0 Å². The van der Waals surface area contributed by atoms with Crippen molar-refractivity contribution in [3.63, 3.8) is 0 Å². The molecule has 0 bridgehead atoms. The van der Waals surface area contributed by atoms with Crippen LogP contribution in [0.5, 0.6) is 5.75 Å². The van der Waals surface area contributed by atoms with Crippen LogP contribution in [0.3, 0.4) is 0 Å². The van der Waals surface area contributed by atoms with E-state index in [1.165, 1.54) is 19.1 Å². The van der Waals surface area contributed by atoms with Gasteiger partial charge in [-0.15, -0.1) is 0 Å². The maximum atomic E-state index is 14.0. The molecule has 80 valence electrons. The second-order valence-corrected chi connectivity index (χ2v) is 3.78. The SMILES string of the molecule is CC1(F)CCOc2c(C(=O)O)cccc21. The highest BCUT2D eigenvalue weighted by Gasteiger charge is 2.35. The monoisotopic (exact) mass is 210 g/mol. The minimum atomic E-state index is -1.50. The molecule has 1 aliphatic heterocycles. The number of ether oxygens (including phenoxy) is 1. The van der Waals surface area contributed by atoms with Crippen LogP contribution in [0.15, 0.2) is 18.2 Å². The van der Waals surface area contributed by atoms with Crippen LogP contribution in [0.1, 0.15) is 29.3 Å². The molecule has 1 aliphatic rings. The van der Waals surface area contributed by atoms with Crippen molar-refractivity contribution in [2.75, 3.05) is 6.61 Å². The van der Waals surface area contributed by atoms with E-state index in [-0.39, 0.29) is 24.3 Å². The Labute approximate surface area is 86.5 Å². The fraction of sp³-hybridized carbons (Fsp3) is 0.364. The molecule has 0 spiro atoms. The number of carbonyl (C=O) groups is 1. The van der Waals surface area contributed by atoms with Gasteiger partial charge in [-0.1, -0.05) is 12.1 Å². The zero-order valence-electron chi connectivity index (χ0n) is 8.29. The number of rotatable bonds is 1. The average Bonchev–Trinajstić information content (AvgIpc) is 2.16. The molecule has 4 heteroatoms. The molecule has 15 heavy (non-hydrogen) atoms. The fourth-order valence-corrected chi connectivity index (χ4v) is 1.75. The Morgan fingerprint density at radius 2 is 2.33 bits per heavy atom. The van der Waals surface area contributed by atoms with Gasteiger partial charge in [-0.2, -0.15) is 0 Å². The van der Waals surface area contributed by atoms with Crippen LogP contribution in [0.4, 0.5) is 4.39 Å². The van der Waals surface area contributed by atoms with Gasteiger partial charge in [0.1, 0.15) is 17.0 Å². The molecule has 3 nitrogen and oxygen atoms in total. The standard InChI is InChI=1S/C11H11FO3/c1-11(12)5-6-15-9-7(10(13)14)3-2-4-8(9)11/h2-4H,5-6H2,1H3,(H,13,14). The Hall–Kier alpha value is -1.58. The number of hydrogen-bond acceptors (Lipinski definition) is 2. The molecule has 0 amide bonds. The van der Waals surface area contributed by atoms with E-state index in [0.29, 0.717) is 5.56 Å². The van der Waals surface area contributed by atoms with Gasteiger partial charge in [0.2, 0.25) is 0 Å². The summed E-state index contributed by atoms with van der Waals surface area (Å²) >= 11 is 0. The summed E-state index contributed by atoms with van der Waals surface area (Å²) in [7, 11) is 0. The Kier molecular flexibility index (Phi) is 2.14. The van der Waals surface area contributed by atoms with Gasteiger partial charge in [0.05, 0.1) is 6.61 Å². The number of carboxylic acids is 1. The molecule has 0 radical (unpaired) electrons. The van der Waals surface area contributed by atoms with Crippen LogP contribution in [-0.2, 0) is 5.67 Å². The molecule has 0 aliphatic carbocycles. The Morgan fingerprint density at radius 3 is 3.00 bits per heavy atom. The number of halogens is 1. The molecule has 1 aromatic carbocycles. The number of fused-ring (bicyclic) bond motifs is 1. The zero-order chi connectivity index (χ0) is 11.1. The van der Waals surface area contributed by atoms with E-state index in [2.05, 4.69) is 0 Å². The first-order valence-corrected chi connectivity index (χ1v) is 4.71. The predicted octanol–water partition coefficient (Wildman–Crippen LogP) is 2.35. The molecule has 0 saturated heterocycles. The van der Waals surface area contributed by atoms with Crippen molar-refractivity contribution < 1.29 is 19.0 Å². The third kappa shape index (κ3) is 1.56. The van der Waals surface area contributed by atoms with Crippen LogP contribution in [0.2, 0.25) is 0 Å². The second kappa shape index (κ2) is 3.22. The summed E-state index contributed by atoms with van der Waals surface area (Å²) in [5, 5.41) is 8.91. The third-order valence-corrected chi connectivity index (χ3v) is 2.62. The Bertz CT molecular complexity index is 412. The first-order valence-electron chi connectivity index (χ1n) is 4.71. The van der Waals surface area contributed by atoms with Crippen LogP contribution in [-0.4, -0.2) is 17.7 Å². The number of carboxylic acid groups (broad SMARTS) is 1. The molecule has 2 rings (SSSR count). The van der Waals surface area contributed by atoms with E-state index < -0.39 is 11.6 Å². The number of hydrogen-bond donors (Lipinski definition) is 1. The first kappa shape index (κ1) is 9.96. The zero-order valence-corrected chi connectivity index (χ0v) is 8.29. The van der Waals surface area contributed by atoms with E-state index in [9.17, 15) is 9.18 Å². The van der Waals surface area contributed by atoms with Crippen molar-refractivity contribution in [2.24, 2.45) is 0 Å². The van der Waals surface area contributed by atoms with Gasteiger partial charge in [0.25, 0.3) is 0 Å². The minimum Gasteiger partial charge on any atom is -0.492 e. The largest absolute Gasteiger partial charge is 0.492 e. The molecule has 0 aromatic heterocycles. The van der Waals surface area contributed by atoms with Gasteiger partial charge in [0, 0.05) is 12.0 Å². The number of aromatic carboxylic acids is 1. The van der Waals surface area contributed by atoms with Gasteiger partial charge in [0.15, 0.2) is 0 Å². The molecular weight excluding hydrogens is 199 g/mol. The highest BCUT2D eigenvalue weighted by atomic mass is 19.1. The van der Waals surface area contributed by atoms with Crippen molar-refractivity contribution in [2.45, 2.75) is 19.0 Å². The molecule has 1 N–H and O–H groups in total. The van der Waals surface area contributed by atoms with E-state index in [4.69, 9.17) is 9.84 Å². The number of benzene rings is 1. The third-order valence-electron chi connectivity index (χ3n) is 2.62. The van der Waals surface area contributed by atoms with Gasteiger partial charge < -0.3 is 9.84 Å². The van der Waals surface area contributed by atoms with Gasteiger partial charge in [-0.05, 0) is 13.0 Å². The van der Waals surface area contributed by atoms with Crippen LogP contribution in [0, 0.1) is 0 Å². The quantitative estimate of drug-likeness (QED) is 0.773. The minimum absolute atomic E-state index is 0.0241.